The Kier molecular flexibility index (Phi) is 5.46. The molecule has 3 rings (SSSR count). The van der Waals surface area contributed by atoms with Crippen molar-refractivity contribution in [3.8, 4) is 11.5 Å². The fraction of sp³-hybridized carbons (Fsp3) is 0.174. The number of phenols is 1. The molecule has 4 heteroatoms. The number of rotatable bonds is 5. The van der Waals surface area contributed by atoms with Crippen LogP contribution in [0.5, 0.6) is 11.5 Å². The predicted octanol–water partition coefficient (Wildman–Crippen LogP) is 4.96. The smallest absolute Gasteiger partial charge is 0.343 e. The summed E-state index contributed by atoms with van der Waals surface area (Å²) in [6.07, 6.45) is -0.543. The number of phenolic OH excluding ortho intramolecular Hbond substituents is 1. The maximum atomic E-state index is 13.1. The zero-order valence-electron chi connectivity index (χ0n) is 15.6. The van der Waals surface area contributed by atoms with Gasteiger partial charge in [-0.05, 0) is 36.6 Å². The molecule has 0 saturated carbocycles. The van der Waals surface area contributed by atoms with Gasteiger partial charge in [0.05, 0.1) is 7.11 Å². The molecule has 0 aromatic heterocycles. The van der Waals surface area contributed by atoms with Crippen LogP contribution in [0, 0.1) is 13.8 Å². The lowest BCUT2D eigenvalue weighted by Crippen LogP contribution is -2.15. The molecule has 0 spiro atoms. The van der Waals surface area contributed by atoms with Crippen LogP contribution in [0.3, 0.4) is 0 Å². The molecule has 138 valence electrons. The number of hydrogen-bond acceptors (Lipinski definition) is 4. The Bertz CT molecular complexity index is 894. The highest BCUT2D eigenvalue weighted by Gasteiger charge is 2.25. The van der Waals surface area contributed by atoms with Gasteiger partial charge < -0.3 is 14.6 Å². The maximum absolute atomic E-state index is 13.1. The van der Waals surface area contributed by atoms with E-state index in [0.717, 1.165) is 11.1 Å². The topological polar surface area (TPSA) is 55.8 Å². The molecule has 0 aliphatic carbocycles. The molecule has 0 atom stereocenters. The number of aryl methyl sites for hydroxylation is 1. The maximum Gasteiger partial charge on any atom is 0.343 e. The zero-order chi connectivity index (χ0) is 19.4. The Balaban J connectivity index is 2.03. The Morgan fingerprint density at radius 2 is 1.44 bits per heavy atom. The second-order valence-electron chi connectivity index (χ2n) is 6.35. The van der Waals surface area contributed by atoms with Gasteiger partial charge in [-0.1, -0.05) is 60.7 Å². The summed E-state index contributed by atoms with van der Waals surface area (Å²) in [6, 6.07) is 20.8. The minimum Gasteiger partial charge on any atom is -0.508 e. The van der Waals surface area contributed by atoms with Gasteiger partial charge in [0.2, 0.25) is 0 Å². The normalized spacial score (nSPS) is 10.7. The molecule has 1 N–H and O–H groups in total. The first-order chi connectivity index (χ1) is 13.0. The summed E-state index contributed by atoms with van der Waals surface area (Å²) >= 11 is 0. The van der Waals surface area contributed by atoms with Gasteiger partial charge in [0.25, 0.3) is 0 Å². The Morgan fingerprint density at radius 3 is 1.93 bits per heavy atom. The van der Waals surface area contributed by atoms with Crippen molar-refractivity contribution < 1.29 is 19.4 Å². The number of benzene rings is 3. The first kappa shape index (κ1) is 18.5. The number of carbonyl (C=O) groups excluding carboxylic acids is 1. The highest BCUT2D eigenvalue weighted by atomic mass is 16.5. The molecule has 0 amide bonds. The van der Waals surface area contributed by atoms with E-state index in [1.54, 1.807) is 19.9 Å². The van der Waals surface area contributed by atoms with Crippen molar-refractivity contribution in [3.05, 3.63) is 94.5 Å². The average molecular weight is 362 g/mol. The predicted molar refractivity (Wildman–Crippen MR) is 104 cm³/mol. The minimum absolute atomic E-state index is 0.0866. The zero-order valence-corrected chi connectivity index (χ0v) is 15.6. The van der Waals surface area contributed by atoms with Crippen molar-refractivity contribution in [2.75, 3.05) is 7.11 Å². The molecule has 0 radical (unpaired) electrons. The van der Waals surface area contributed by atoms with Gasteiger partial charge in [0, 0.05) is 5.56 Å². The second-order valence-corrected chi connectivity index (χ2v) is 6.35. The van der Waals surface area contributed by atoms with E-state index in [0.29, 0.717) is 22.4 Å². The van der Waals surface area contributed by atoms with Crippen molar-refractivity contribution in [2.24, 2.45) is 0 Å². The fourth-order valence-electron chi connectivity index (χ4n) is 3.13. The second kappa shape index (κ2) is 7.96. The molecule has 0 saturated heterocycles. The SMILES string of the molecule is COc1c(C)c(O)cc(C)c1C(=O)OC(c1ccccc1)c1ccccc1. The van der Waals surface area contributed by atoms with Crippen LogP contribution in [-0.4, -0.2) is 18.2 Å². The lowest BCUT2D eigenvalue weighted by atomic mass is 10.00. The van der Waals surface area contributed by atoms with Crippen LogP contribution in [0.4, 0.5) is 0 Å². The Hall–Kier alpha value is -3.27. The van der Waals surface area contributed by atoms with E-state index in [1.165, 1.54) is 7.11 Å². The number of hydrogen-bond donors (Lipinski definition) is 1. The third-order valence-electron chi connectivity index (χ3n) is 4.54. The van der Waals surface area contributed by atoms with Gasteiger partial charge in [-0.25, -0.2) is 4.79 Å². The van der Waals surface area contributed by atoms with Crippen molar-refractivity contribution >= 4 is 5.97 Å². The van der Waals surface area contributed by atoms with Crippen LogP contribution < -0.4 is 4.74 Å². The fourth-order valence-corrected chi connectivity index (χ4v) is 3.13. The van der Waals surface area contributed by atoms with E-state index in [1.807, 2.05) is 60.7 Å². The molecule has 0 heterocycles. The van der Waals surface area contributed by atoms with E-state index in [-0.39, 0.29) is 5.75 Å². The molecule has 3 aromatic rings. The molecule has 0 aliphatic rings. The highest BCUT2D eigenvalue weighted by molar-refractivity contribution is 5.95. The molecule has 3 aromatic carbocycles. The van der Waals surface area contributed by atoms with E-state index in [4.69, 9.17) is 9.47 Å². The van der Waals surface area contributed by atoms with Crippen LogP contribution in [0.15, 0.2) is 66.7 Å². The van der Waals surface area contributed by atoms with Gasteiger partial charge in [0.15, 0.2) is 6.10 Å². The van der Waals surface area contributed by atoms with Crippen LogP contribution in [0.25, 0.3) is 0 Å². The van der Waals surface area contributed by atoms with E-state index in [9.17, 15) is 9.90 Å². The molecule has 0 unspecified atom stereocenters. The van der Waals surface area contributed by atoms with E-state index < -0.39 is 12.1 Å². The third kappa shape index (κ3) is 3.80. The van der Waals surface area contributed by atoms with Crippen molar-refractivity contribution in [1.82, 2.24) is 0 Å². The largest absolute Gasteiger partial charge is 0.508 e. The van der Waals surface area contributed by atoms with Gasteiger partial charge in [-0.15, -0.1) is 0 Å². The summed E-state index contributed by atoms with van der Waals surface area (Å²) in [7, 11) is 1.48. The highest BCUT2D eigenvalue weighted by Crippen LogP contribution is 2.36. The van der Waals surface area contributed by atoms with Crippen LogP contribution in [0.1, 0.15) is 38.7 Å². The average Bonchev–Trinajstić information content (AvgIpc) is 2.69. The number of esters is 1. The first-order valence-corrected chi connectivity index (χ1v) is 8.71. The summed E-state index contributed by atoms with van der Waals surface area (Å²) in [5, 5.41) is 10.0. The lowest BCUT2D eigenvalue weighted by molar-refractivity contribution is 0.0373. The molecule has 27 heavy (non-hydrogen) atoms. The molecular formula is C23H22O4. The van der Waals surface area contributed by atoms with E-state index >= 15 is 0 Å². The quantitative estimate of drug-likeness (QED) is 0.652. The Labute approximate surface area is 159 Å². The summed E-state index contributed by atoms with van der Waals surface area (Å²) in [6.45, 7) is 3.45. The van der Waals surface area contributed by atoms with Gasteiger partial charge in [-0.3, -0.25) is 0 Å². The third-order valence-corrected chi connectivity index (χ3v) is 4.54. The van der Waals surface area contributed by atoms with Crippen molar-refractivity contribution in [1.29, 1.82) is 0 Å². The Morgan fingerprint density at radius 1 is 0.926 bits per heavy atom. The number of carbonyl (C=O) groups is 1. The van der Waals surface area contributed by atoms with Crippen LogP contribution in [-0.2, 0) is 4.74 Å². The molecule has 0 bridgehead atoms. The monoisotopic (exact) mass is 362 g/mol. The van der Waals surface area contributed by atoms with Gasteiger partial charge in [-0.2, -0.15) is 0 Å². The molecule has 0 aliphatic heterocycles. The lowest BCUT2D eigenvalue weighted by Gasteiger charge is -2.21. The van der Waals surface area contributed by atoms with Crippen LogP contribution in [0.2, 0.25) is 0 Å². The molecule has 4 nitrogen and oxygen atoms in total. The van der Waals surface area contributed by atoms with Gasteiger partial charge >= 0.3 is 5.97 Å². The van der Waals surface area contributed by atoms with Gasteiger partial charge in [0.1, 0.15) is 17.1 Å². The standard InChI is InChI=1S/C23H22O4/c1-15-14-19(24)16(2)21(26-3)20(15)23(25)27-22(17-10-6-4-7-11-17)18-12-8-5-9-13-18/h4-14,22,24H,1-3H3. The van der Waals surface area contributed by atoms with Crippen LogP contribution >= 0.6 is 0 Å². The summed E-state index contributed by atoms with van der Waals surface area (Å²) in [4.78, 5) is 13.1. The van der Waals surface area contributed by atoms with E-state index in [2.05, 4.69) is 0 Å². The van der Waals surface area contributed by atoms with Crippen molar-refractivity contribution in [3.63, 3.8) is 0 Å². The number of methoxy groups -OCH3 is 1. The molecule has 0 fully saturated rings. The van der Waals surface area contributed by atoms with Crippen molar-refractivity contribution in [2.45, 2.75) is 20.0 Å². The molecular weight excluding hydrogens is 340 g/mol. The number of aromatic hydroxyl groups is 1. The first-order valence-electron chi connectivity index (χ1n) is 8.71. The summed E-state index contributed by atoms with van der Waals surface area (Å²) in [5.74, 6) is -0.0777. The number of ether oxygens (including phenoxy) is 2. The summed E-state index contributed by atoms with van der Waals surface area (Å²) < 4.78 is 11.3. The summed E-state index contributed by atoms with van der Waals surface area (Å²) in [5.41, 5.74) is 3.18. The minimum atomic E-state index is -0.543.